The number of methoxy groups -OCH3 is 1. The van der Waals surface area contributed by atoms with Gasteiger partial charge in [0, 0.05) is 22.9 Å². The first kappa shape index (κ1) is 28.5. The highest BCUT2D eigenvalue weighted by Gasteiger charge is 2.31. The van der Waals surface area contributed by atoms with Crippen LogP contribution < -0.4 is 20.6 Å². The van der Waals surface area contributed by atoms with Gasteiger partial charge in [0.15, 0.2) is 11.5 Å². The molecular formula is C35H31FN4O4. The van der Waals surface area contributed by atoms with Crippen LogP contribution in [0.4, 0.5) is 4.39 Å². The number of halogens is 1. The lowest BCUT2D eigenvalue weighted by atomic mass is 9.85. The zero-order valence-electron chi connectivity index (χ0n) is 24.5. The number of aromatic amines is 2. The van der Waals surface area contributed by atoms with Crippen molar-refractivity contribution in [3.8, 4) is 22.9 Å². The molecule has 6 aromatic rings. The van der Waals surface area contributed by atoms with Gasteiger partial charge in [-0.1, -0.05) is 60.7 Å². The van der Waals surface area contributed by atoms with Crippen LogP contribution in [0.1, 0.15) is 39.6 Å². The Morgan fingerprint density at radius 3 is 1.75 bits per heavy atom. The molecule has 0 saturated carbocycles. The van der Waals surface area contributed by atoms with Gasteiger partial charge in [-0.2, -0.15) is 0 Å². The van der Waals surface area contributed by atoms with Crippen molar-refractivity contribution in [3.05, 3.63) is 163 Å². The van der Waals surface area contributed by atoms with E-state index in [0.717, 1.165) is 0 Å². The van der Waals surface area contributed by atoms with Crippen molar-refractivity contribution < 1.29 is 13.9 Å². The van der Waals surface area contributed by atoms with Gasteiger partial charge in [-0.05, 0) is 61.9 Å². The predicted molar refractivity (Wildman–Crippen MR) is 167 cm³/mol. The van der Waals surface area contributed by atoms with Gasteiger partial charge in [-0.25, -0.2) is 13.8 Å². The van der Waals surface area contributed by atoms with Gasteiger partial charge < -0.3 is 9.47 Å². The molecule has 6 rings (SSSR count). The lowest BCUT2D eigenvalue weighted by Crippen LogP contribution is -2.25. The maximum atomic E-state index is 14.2. The van der Waals surface area contributed by atoms with E-state index < -0.39 is 5.92 Å². The normalized spacial score (nSPS) is 11.2. The molecule has 0 aliphatic heterocycles. The zero-order chi connectivity index (χ0) is 30.8. The van der Waals surface area contributed by atoms with Gasteiger partial charge in [0.1, 0.15) is 12.4 Å². The molecule has 0 unspecified atom stereocenters. The highest BCUT2D eigenvalue weighted by Crippen LogP contribution is 2.37. The molecule has 0 spiro atoms. The third-order valence-electron chi connectivity index (χ3n) is 7.70. The second-order valence-electron chi connectivity index (χ2n) is 10.5. The summed E-state index contributed by atoms with van der Waals surface area (Å²) in [6.07, 6.45) is 0. The van der Waals surface area contributed by atoms with Crippen LogP contribution in [0.3, 0.4) is 0 Å². The maximum absolute atomic E-state index is 14.2. The molecule has 2 heterocycles. The van der Waals surface area contributed by atoms with Crippen LogP contribution in [0.25, 0.3) is 11.4 Å². The van der Waals surface area contributed by atoms with Crippen LogP contribution in [-0.4, -0.2) is 26.7 Å². The fourth-order valence-electron chi connectivity index (χ4n) is 5.55. The SMILES string of the molecule is COc1cc(C(c2c(C)[nH]n(-c3ccccc3)c2=O)c2c(C)[nH]n(-c3ccccc3)c2=O)ccc1OCc1ccccc1F. The molecule has 0 amide bonds. The van der Waals surface area contributed by atoms with Gasteiger partial charge in [0.05, 0.1) is 29.6 Å². The molecule has 2 N–H and O–H groups in total. The number of aryl methyl sites for hydroxylation is 2. The number of rotatable bonds is 9. The third-order valence-corrected chi connectivity index (χ3v) is 7.70. The highest BCUT2D eigenvalue weighted by atomic mass is 19.1. The molecule has 0 bridgehead atoms. The fourth-order valence-corrected chi connectivity index (χ4v) is 5.55. The maximum Gasteiger partial charge on any atom is 0.275 e. The third kappa shape index (κ3) is 5.24. The zero-order valence-corrected chi connectivity index (χ0v) is 24.5. The Hall–Kier alpha value is -5.57. The first-order chi connectivity index (χ1) is 21.4. The van der Waals surface area contributed by atoms with E-state index >= 15 is 0 Å². The van der Waals surface area contributed by atoms with Gasteiger partial charge in [0.2, 0.25) is 0 Å². The second-order valence-corrected chi connectivity index (χ2v) is 10.5. The molecule has 222 valence electrons. The van der Waals surface area contributed by atoms with Crippen LogP contribution in [0.5, 0.6) is 11.5 Å². The first-order valence-corrected chi connectivity index (χ1v) is 14.2. The number of hydrogen-bond donors (Lipinski definition) is 2. The van der Waals surface area contributed by atoms with Gasteiger partial charge >= 0.3 is 0 Å². The van der Waals surface area contributed by atoms with Crippen molar-refractivity contribution in [2.45, 2.75) is 26.4 Å². The number of nitrogens with one attached hydrogen (secondary N) is 2. The number of nitrogens with zero attached hydrogens (tertiary/aromatic N) is 2. The van der Waals surface area contributed by atoms with Gasteiger partial charge in [0.25, 0.3) is 11.1 Å². The monoisotopic (exact) mass is 590 g/mol. The summed E-state index contributed by atoms with van der Waals surface area (Å²) >= 11 is 0. The van der Waals surface area contributed by atoms with Crippen LogP contribution >= 0.6 is 0 Å². The molecule has 0 aliphatic rings. The Kier molecular flexibility index (Phi) is 7.76. The van der Waals surface area contributed by atoms with E-state index in [4.69, 9.17) is 9.47 Å². The molecule has 0 atom stereocenters. The van der Waals surface area contributed by atoms with E-state index in [9.17, 15) is 14.0 Å². The average molecular weight is 591 g/mol. The Morgan fingerprint density at radius 1 is 0.705 bits per heavy atom. The molecular weight excluding hydrogens is 559 g/mol. The lowest BCUT2D eigenvalue weighted by molar-refractivity contribution is 0.279. The van der Waals surface area contributed by atoms with Crippen LogP contribution in [0.15, 0.2) is 113 Å². The van der Waals surface area contributed by atoms with E-state index in [2.05, 4.69) is 10.2 Å². The second kappa shape index (κ2) is 12.0. The summed E-state index contributed by atoms with van der Waals surface area (Å²) in [6, 6.07) is 30.2. The number of hydrogen-bond acceptors (Lipinski definition) is 4. The Bertz CT molecular complexity index is 1940. The topological polar surface area (TPSA) is 94.0 Å². The molecule has 2 aromatic heterocycles. The summed E-state index contributed by atoms with van der Waals surface area (Å²) < 4.78 is 28.9. The minimum absolute atomic E-state index is 0.00319. The molecule has 0 aliphatic carbocycles. The lowest BCUT2D eigenvalue weighted by Gasteiger charge is -2.18. The fraction of sp³-hybridized carbons (Fsp3) is 0.143. The van der Waals surface area contributed by atoms with Crippen molar-refractivity contribution in [2.75, 3.05) is 7.11 Å². The number of aromatic nitrogens is 4. The Labute approximate surface area is 252 Å². The van der Waals surface area contributed by atoms with Crippen LogP contribution in [0, 0.1) is 19.7 Å². The van der Waals surface area contributed by atoms with Crippen molar-refractivity contribution in [3.63, 3.8) is 0 Å². The first-order valence-electron chi connectivity index (χ1n) is 14.2. The van der Waals surface area contributed by atoms with Crippen molar-refractivity contribution in [2.24, 2.45) is 0 Å². The Balaban J connectivity index is 1.51. The van der Waals surface area contributed by atoms with Gasteiger partial charge in [-0.15, -0.1) is 0 Å². The van der Waals surface area contributed by atoms with E-state index in [1.165, 1.54) is 22.5 Å². The van der Waals surface area contributed by atoms with Crippen molar-refractivity contribution >= 4 is 0 Å². The quantitative estimate of drug-likeness (QED) is 0.211. The molecule has 0 radical (unpaired) electrons. The minimum Gasteiger partial charge on any atom is -0.493 e. The summed E-state index contributed by atoms with van der Waals surface area (Å²) in [5, 5.41) is 6.41. The standard InChI is InChI=1S/C35H31FN4O4/c1-22-31(34(41)39(37-22)26-13-6-4-7-14-26)33(32-23(2)38-40(35(32)42)27-15-8-5-9-16-27)24-18-19-29(30(20-24)43-3)44-21-25-12-10-11-17-28(25)36/h4-20,33,37-38H,21H2,1-3H3. The molecule has 0 saturated heterocycles. The largest absolute Gasteiger partial charge is 0.493 e. The van der Waals surface area contributed by atoms with Crippen LogP contribution in [0.2, 0.25) is 0 Å². The summed E-state index contributed by atoms with van der Waals surface area (Å²) in [5.41, 5.74) is 3.95. The van der Waals surface area contributed by atoms with E-state index in [1.807, 2.05) is 74.5 Å². The van der Waals surface area contributed by atoms with E-state index in [-0.39, 0.29) is 23.5 Å². The summed E-state index contributed by atoms with van der Waals surface area (Å²) in [7, 11) is 1.51. The highest BCUT2D eigenvalue weighted by molar-refractivity contribution is 5.52. The average Bonchev–Trinajstić information content (AvgIpc) is 3.51. The number of benzene rings is 4. The number of H-pyrrole nitrogens is 2. The molecule has 9 heteroatoms. The van der Waals surface area contributed by atoms with Crippen LogP contribution in [-0.2, 0) is 6.61 Å². The smallest absolute Gasteiger partial charge is 0.275 e. The van der Waals surface area contributed by atoms with Gasteiger partial charge in [-0.3, -0.25) is 19.8 Å². The van der Waals surface area contributed by atoms with Crippen molar-refractivity contribution in [1.29, 1.82) is 0 Å². The predicted octanol–water partition coefficient (Wildman–Crippen LogP) is 6.17. The Morgan fingerprint density at radius 2 is 1.23 bits per heavy atom. The molecule has 4 aromatic carbocycles. The number of para-hydroxylation sites is 2. The summed E-state index contributed by atoms with van der Waals surface area (Å²) in [4.78, 5) is 28.2. The number of ether oxygens (including phenoxy) is 2. The summed E-state index contributed by atoms with van der Waals surface area (Å²) in [6.45, 7) is 3.65. The minimum atomic E-state index is -0.757. The van der Waals surface area contributed by atoms with E-state index in [1.54, 1.807) is 36.4 Å². The molecule has 8 nitrogen and oxygen atoms in total. The van der Waals surface area contributed by atoms with E-state index in [0.29, 0.717) is 56.5 Å². The molecule has 0 fully saturated rings. The molecule has 44 heavy (non-hydrogen) atoms. The summed E-state index contributed by atoms with van der Waals surface area (Å²) in [5.74, 6) is -0.333. The van der Waals surface area contributed by atoms with Crippen molar-refractivity contribution in [1.82, 2.24) is 19.6 Å².